The zero-order valence-corrected chi connectivity index (χ0v) is 11.6. The van der Waals surface area contributed by atoms with Crippen molar-refractivity contribution < 1.29 is 4.74 Å². The topological polar surface area (TPSA) is 26.2 Å². The van der Waals surface area contributed by atoms with E-state index >= 15 is 0 Å². The molecule has 0 fully saturated rings. The Morgan fingerprint density at radius 1 is 1.41 bits per heavy atom. The van der Waals surface area contributed by atoms with Crippen LogP contribution in [0.2, 0.25) is 0 Å². The first-order valence-corrected chi connectivity index (χ1v) is 6.59. The van der Waals surface area contributed by atoms with Gasteiger partial charge in [-0.05, 0) is 37.9 Å². The van der Waals surface area contributed by atoms with Crippen molar-refractivity contribution in [1.29, 1.82) is 0 Å². The van der Waals surface area contributed by atoms with Crippen LogP contribution in [0.5, 0.6) is 0 Å². The second-order valence-corrected chi connectivity index (χ2v) is 4.74. The highest BCUT2D eigenvalue weighted by Gasteiger charge is 2.14. The highest BCUT2D eigenvalue weighted by Crippen LogP contribution is 2.21. The smallest absolute Gasteiger partial charge is 0.0482 e. The lowest BCUT2D eigenvalue weighted by atomic mass is 9.99. The second-order valence-electron chi connectivity index (χ2n) is 4.74. The van der Waals surface area contributed by atoms with Crippen LogP contribution in [0.15, 0.2) is 18.5 Å². The third-order valence-electron chi connectivity index (χ3n) is 3.02. The molecule has 3 heteroatoms. The van der Waals surface area contributed by atoms with Crippen molar-refractivity contribution in [2.24, 2.45) is 5.92 Å². The predicted octanol–water partition coefficient (Wildman–Crippen LogP) is 2.83. The summed E-state index contributed by atoms with van der Waals surface area (Å²) in [6.07, 6.45) is 5.48. The van der Waals surface area contributed by atoms with E-state index in [0.29, 0.717) is 12.0 Å². The van der Waals surface area contributed by atoms with E-state index in [0.717, 1.165) is 26.2 Å². The van der Waals surface area contributed by atoms with Crippen LogP contribution in [0.4, 0.5) is 0 Å². The molecule has 0 spiro atoms. The Hall–Kier alpha value is -0.800. The second kappa shape index (κ2) is 7.51. The fraction of sp³-hybridized carbons (Fsp3) is 0.714. The van der Waals surface area contributed by atoms with E-state index in [2.05, 4.69) is 42.2 Å². The Morgan fingerprint density at radius 3 is 2.76 bits per heavy atom. The van der Waals surface area contributed by atoms with Gasteiger partial charge in [-0.25, -0.2) is 0 Å². The monoisotopic (exact) mass is 238 g/mol. The van der Waals surface area contributed by atoms with E-state index in [4.69, 9.17) is 4.74 Å². The summed E-state index contributed by atoms with van der Waals surface area (Å²) in [4.78, 5) is 0. The fourth-order valence-electron chi connectivity index (χ4n) is 2.16. The van der Waals surface area contributed by atoms with E-state index in [9.17, 15) is 0 Å². The first-order valence-electron chi connectivity index (χ1n) is 6.59. The van der Waals surface area contributed by atoms with Crippen molar-refractivity contribution in [1.82, 2.24) is 9.88 Å². The number of nitrogens with one attached hydrogen (secondary N) is 1. The number of nitrogens with zero attached hydrogens (tertiary/aromatic N) is 1. The van der Waals surface area contributed by atoms with Crippen LogP contribution in [0, 0.1) is 5.92 Å². The molecule has 0 amide bonds. The largest absolute Gasteiger partial charge is 0.382 e. The van der Waals surface area contributed by atoms with E-state index in [1.165, 1.54) is 5.56 Å². The first-order chi connectivity index (χ1) is 8.19. The van der Waals surface area contributed by atoms with Crippen LogP contribution >= 0.6 is 0 Å². The molecule has 1 unspecified atom stereocenters. The Kier molecular flexibility index (Phi) is 6.30. The maximum atomic E-state index is 5.34. The summed E-state index contributed by atoms with van der Waals surface area (Å²) in [5.74, 6) is 0.610. The molecule has 1 N–H and O–H groups in total. The Bertz CT molecular complexity index is 307. The number of ether oxygens (including phenoxy) is 1. The molecule has 17 heavy (non-hydrogen) atoms. The molecule has 3 nitrogen and oxygen atoms in total. The molecule has 0 aliphatic rings. The van der Waals surface area contributed by atoms with Crippen LogP contribution < -0.4 is 5.32 Å². The van der Waals surface area contributed by atoms with Crippen molar-refractivity contribution in [3.05, 3.63) is 24.0 Å². The van der Waals surface area contributed by atoms with Crippen molar-refractivity contribution in [3.63, 3.8) is 0 Å². The molecule has 1 aromatic rings. The maximum absolute atomic E-state index is 5.34. The lowest BCUT2D eigenvalue weighted by Gasteiger charge is -2.18. The zero-order chi connectivity index (χ0) is 12.7. The molecule has 1 rings (SSSR count). The van der Waals surface area contributed by atoms with Gasteiger partial charge in [-0.15, -0.1) is 0 Å². The highest BCUT2D eigenvalue weighted by atomic mass is 16.5. The average molecular weight is 238 g/mol. The number of rotatable bonds is 8. The Labute approximate surface area is 105 Å². The van der Waals surface area contributed by atoms with Crippen LogP contribution in [-0.4, -0.2) is 24.8 Å². The predicted molar refractivity (Wildman–Crippen MR) is 72.2 cm³/mol. The first kappa shape index (κ1) is 14.3. The molecule has 98 valence electrons. The minimum absolute atomic E-state index is 0.447. The van der Waals surface area contributed by atoms with Gasteiger partial charge in [-0.3, -0.25) is 0 Å². The summed E-state index contributed by atoms with van der Waals surface area (Å²) >= 11 is 0. The number of hydrogen-bond donors (Lipinski definition) is 1. The fourth-order valence-corrected chi connectivity index (χ4v) is 2.16. The molecular formula is C14H26N2O. The standard InChI is InChI=1S/C14H26N2O/c1-5-17-10-6-8-16-9-7-13(11-16)14(15-4)12(2)3/h7,9,11-12,14-15H,5-6,8,10H2,1-4H3. The average Bonchev–Trinajstić information content (AvgIpc) is 2.74. The van der Waals surface area contributed by atoms with Gasteiger partial charge in [-0.1, -0.05) is 13.8 Å². The van der Waals surface area contributed by atoms with E-state index in [-0.39, 0.29) is 0 Å². The molecular weight excluding hydrogens is 212 g/mol. The lowest BCUT2D eigenvalue weighted by Crippen LogP contribution is -2.21. The maximum Gasteiger partial charge on any atom is 0.0482 e. The normalized spacial score (nSPS) is 13.2. The van der Waals surface area contributed by atoms with Crippen molar-refractivity contribution in [2.45, 2.75) is 39.8 Å². The summed E-state index contributed by atoms with van der Waals surface area (Å²) in [7, 11) is 2.02. The molecule has 0 aromatic carbocycles. The van der Waals surface area contributed by atoms with E-state index < -0.39 is 0 Å². The van der Waals surface area contributed by atoms with Crippen LogP contribution in [0.25, 0.3) is 0 Å². The van der Waals surface area contributed by atoms with Gasteiger partial charge in [0.25, 0.3) is 0 Å². The summed E-state index contributed by atoms with van der Waals surface area (Å²) < 4.78 is 7.59. The van der Waals surface area contributed by atoms with Gasteiger partial charge in [0, 0.05) is 38.2 Å². The third kappa shape index (κ3) is 4.52. The van der Waals surface area contributed by atoms with E-state index in [1.54, 1.807) is 0 Å². The summed E-state index contributed by atoms with van der Waals surface area (Å²) in [6.45, 7) is 9.22. The van der Waals surface area contributed by atoms with Crippen LogP contribution in [0.3, 0.4) is 0 Å². The molecule has 1 atom stereocenters. The molecule has 1 heterocycles. The molecule has 0 saturated carbocycles. The van der Waals surface area contributed by atoms with Crippen molar-refractivity contribution in [2.75, 3.05) is 20.3 Å². The molecule has 0 radical (unpaired) electrons. The molecule has 1 aromatic heterocycles. The van der Waals surface area contributed by atoms with Gasteiger partial charge in [0.2, 0.25) is 0 Å². The summed E-state index contributed by atoms with van der Waals surface area (Å²) in [5, 5.41) is 3.37. The summed E-state index contributed by atoms with van der Waals surface area (Å²) in [5.41, 5.74) is 1.37. The highest BCUT2D eigenvalue weighted by molar-refractivity contribution is 5.16. The van der Waals surface area contributed by atoms with Crippen LogP contribution in [-0.2, 0) is 11.3 Å². The van der Waals surface area contributed by atoms with Gasteiger partial charge in [0.1, 0.15) is 0 Å². The van der Waals surface area contributed by atoms with E-state index in [1.807, 2.05) is 14.0 Å². The zero-order valence-electron chi connectivity index (χ0n) is 11.6. The molecule has 0 aliphatic carbocycles. The SMILES string of the molecule is CCOCCCn1ccc(C(NC)C(C)C)c1. The minimum Gasteiger partial charge on any atom is -0.382 e. The minimum atomic E-state index is 0.447. The van der Waals surface area contributed by atoms with Gasteiger partial charge in [0.15, 0.2) is 0 Å². The summed E-state index contributed by atoms with van der Waals surface area (Å²) in [6, 6.07) is 2.66. The van der Waals surface area contributed by atoms with Crippen molar-refractivity contribution >= 4 is 0 Å². The number of aromatic nitrogens is 1. The molecule has 0 bridgehead atoms. The molecule has 0 saturated heterocycles. The number of hydrogen-bond acceptors (Lipinski definition) is 2. The quantitative estimate of drug-likeness (QED) is 0.705. The van der Waals surface area contributed by atoms with Crippen LogP contribution in [0.1, 0.15) is 38.8 Å². The molecule has 0 aliphatic heterocycles. The van der Waals surface area contributed by atoms with Gasteiger partial charge >= 0.3 is 0 Å². The lowest BCUT2D eigenvalue weighted by molar-refractivity contribution is 0.141. The Balaban J connectivity index is 2.46. The third-order valence-corrected chi connectivity index (χ3v) is 3.02. The van der Waals surface area contributed by atoms with Crippen molar-refractivity contribution in [3.8, 4) is 0 Å². The van der Waals surface area contributed by atoms with Gasteiger partial charge in [0.05, 0.1) is 0 Å². The number of aryl methyl sites for hydroxylation is 1. The van der Waals surface area contributed by atoms with Gasteiger partial charge in [-0.2, -0.15) is 0 Å². The van der Waals surface area contributed by atoms with Gasteiger partial charge < -0.3 is 14.6 Å². The Morgan fingerprint density at radius 2 is 2.18 bits per heavy atom.